The molecule has 1 unspecified atom stereocenters. The van der Waals surface area contributed by atoms with Crippen molar-refractivity contribution in [3.05, 3.63) is 12.7 Å². The van der Waals surface area contributed by atoms with Crippen molar-refractivity contribution in [3.8, 4) is 0 Å². The van der Waals surface area contributed by atoms with Crippen LogP contribution in [0.15, 0.2) is 12.7 Å². The molecule has 17 heavy (non-hydrogen) atoms. The zero-order valence-electron chi connectivity index (χ0n) is 11.5. The van der Waals surface area contributed by atoms with Crippen molar-refractivity contribution in [2.24, 2.45) is 0 Å². The molecule has 102 valence electrons. The van der Waals surface area contributed by atoms with E-state index in [1.807, 2.05) is 0 Å². The van der Waals surface area contributed by atoms with Crippen LogP contribution in [0.3, 0.4) is 0 Å². The van der Waals surface area contributed by atoms with Gasteiger partial charge in [-0.3, -0.25) is 0 Å². The van der Waals surface area contributed by atoms with Crippen molar-refractivity contribution >= 4 is 14.8 Å². The Bertz CT molecular complexity index is 229. The smallest absolute Gasteiger partial charge is 0.327 e. The van der Waals surface area contributed by atoms with Crippen LogP contribution in [0, 0.1) is 0 Å². The van der Waals surface area contributed by atoms with Crippen LogP contribution < -0.4 is 0 Å². The van der Waals surface area contributed by atoms with E-state index in [1.165, 1.54) is 0 Å². The zero-order chi connectivity index (χ0) is 14.2. The van der Waals surface area contributed by atoms with Crippen molar-refractivity contribution in [1.82, 2.24) is 0 Å². The van der Waals surface area contributed by atoms with Crippen molar-refractivity contribution in [2.45, 2.75) is 50.9 Å². The molecule has 0 bridgehead atoms. The second-order valence-electron chi connectivity index (χ2n) is 5.07. The number of carboxylic acids is 1. The molecule has 0 spiro atoms. The van der Waals surface area contributed by atoms with E-state index >= 15 is 0 Å². The molecule has 5 heteroatoms. The second kappa shape index (κ2) is 8.44. The van der Waals surface area contributed by atoms with Gasteiger partial charge in [0.25, 0.3) is 0 Å². The highest BCUT2D eigenvalue weighted by atomic mass is 28.3. The van der Waals surface area contributed by atoms with Gasteiger partial charge in [0.1, 0.15) is 0 Å². The third kappa shape index (κ3) is 8.12. The van der Waals surface area contributed by atoms with Gasteiger partial charge in [-0.15, -0.1) is 0 Å². The fourth-order valence-electron chi connectivity index (χ4n) is 2.31. The predicted octanol–water partition coefficient (Wildman–Crippen LogP) is 1.57. The first kappa shape index (κ1) is 18.7. The maximum absolute atomic E-state index is 9.94. The summed E-state index contributed by atoms with van der Waals surface area (Å²) in [6.45, 7) is 13.2. The van der Waals surface area contributed by atoms with Gasteiger partial charge in [0, 0.05) is 6.08 Å². The topological polar surface area (TPSA) is 77.8 Å². The van der Waals surface area contributed by atoms with Gasteiger partial charge >= 0.3 is 5.97 Å². The van der Waals surface area contributed by atoms with Crippen molar-refractivity contribution < 1.29 is 20.1 Å². The van der Waals surface area contributed by atoms with Crippen LogP contribution in [0.5, 0.6) is 0 Å². The molecular formula is C12H26O4Si. The largest absolute Gasteiger partial charge is 0.478 e. The van der Waals surface area contributed by atoms with Gasteiger partial charge in [-0.1, -0.05) is 45.4 Å². The number of hydrogen-bond donors (Lipinski definition) is 3. The average molecular weight is 262 g/mol. The molecule has 0 aromatic heterocycles. The summed E-state index contributed by atoms with van der Waals surface area (Å²) >= 11 is 0. The van der Waals surface area contributed by atoms with Crippen LogP contribution in [0.2, 0.25) is 11.1 Å². The summed E-state index contributed by atoms with van der Waals surface area (Å²) in [6, 6.07) is 0. The van der Waals surface area contributed by atoms with Crippen LogP contribution in [0.25, 0.3) is 0 Å². The molecule has 0 aromatic carbocycles. The molecule has 0 saturated carbocycles. The first-order valence-corrected chi connectivity index (χ1v) is 7.69. The third-order valence-electron chi connectivity index (χ3n) is 2.65. The van der Waals surface area contributed by atoms with Crippen molar-refractivity contribution in [3.63, 3.8) is 0 Å². The lowest BCUT2D eigenvalue weighted by molar-refractivity contribution is -0.131. The van der Waals surface area contributed by atoms with Crippen molar-refractivity contribution in [2.75, 3.05) is 6.61 Å². The fraction of sp³-hybridized carbons (Fsp3) is 0.750. The highest BCUT2D eigenvalue weighted by Crippen LogP contribution is 2.28. The van der Waals surface area contributed by atoms with Crippen LogP contribution in [-0.2, 0) is 4.79 Å². The summed E-state index contributed by atoms with van der Waals surface area (Å²) in [5.74, 6) is -0.981. The van der Waals surface area contributed by atoms with Gasteiger partial charge in [0.05, 0.1) is 20.6 Å². The Balaban J connectivity index is 0. The van der Waals surface area contributed by atoms with Gasteiger partial charge in [-0.2, -0.15) is 0 Å². The lowest BCUT2D eigenvalue weighted by Gasteiger charge is -2.35. The Hall–Kier alpha value is -0.653. The molecule has 0 aliphatic heterocycles. The molecule has 3 N–H and O–H groups in total. The van der Waals surface area contributed by atoms with Gasteiger partial charge in [-0.25, -0.2) is 4.79 Å². The van der Waals surface area contributed by atoms with Gasteiger partial charge in [0.15, 0.2) is 0 Å². The quantitative estimate of drug-likeness (QED) is 0.519. The molecule has 0 fully saturated rings. The van der Waals surface area contributed by atoms with E-state index in [-0.39, 0.29) is 6.61 Å². The van der Waals surface area contributed by atoms with E-state index in [0.717, 1.165) is 6.08 Å². The maximum Gasteiger partial charge on any atom is 0.327 e. The SMILES string of the molecule is C=CC(=O)O.CC(C)[SiH](C(C)C)C(C)(O)CO. The normalized spacial score (nSPS) is 14.2. The van der Waals surface area contributed by atoms with E-state index in [9.17, 15) is 9.90 Å². The highest BCUT2D eigenvalue weighted by Gasteiger charge is 2.36. The minimum Gasteiger partial charge on any atom is -0.478 e. The van der Waals surface area contributed by atoms with Gasteiger partial charge in [0.2, 0.25) is 0 Å². The number of aliphatic hydroxyl groups excluding tert-OH is 1. The first-order chi connectivity index (χ1) is 7.60. The lowest BCUT2D eigenvalue weighted by atomic mass is 10.4. The Kier molecular flexibility index (Phi) is 9.29. The predicted molar refractivity (Wildman–Crippen MR) is 72.9 cm³/mol. The summed E-state index contributed by atoms with van der Waals surface area (Å²) in [5, 5.41) is 25.8. The van der Waals surface area contributed by atoms with E-state index in [4.69, 9.17) is 10.2 Å². The molecule has 0 saturated heterocycles. The first-order valence-electron chi connectivity index (χ1n) is 5.78. The van der Waals surface area contributed by atoms with Gasteiger partial charge < -0.3 is 15.3 Å². The number of aliphatic hydroxyl groups is 2. The maximum atomic E-state index is 9.94. The van der Waals surface area contributed by atoms with E-state index in [0.29, 0.717) is 11.1 Å². The van der Waals surface area contributed by atoms with Crippen molar-refractivity contribution in [1.29, 1.82) is 0 Å². The number of carboxylic acid groups (broad SMARTS) is 1. The molecule has 1 atom stereocenters. The summed E-state index contributed by atoms with van der Waals surface area (Å²) in [4.78, 5) is 9.25. The molecule has 0 radical (unpaired) electrons. The number of carbonyl (C=O) groups is 1. The van der Waals surface area contributed by atoms with Crippen LogP contribution in [0.1, 0.15) is 34.6 Å². The lowest BCUT2D eigenvalue weighted by Crippen LogP contribution is -2.49. The monoisotopic (exact) mass is 262 g/mol. The molecule has 0 heterocycles. The third-order valence-corrected chi connectivity index (χ3v) is 7.14. The van der Waals surface area contributed by atoms with Crippen LogP contribution in [0.4, 0.5) is 0 Å². The molecule has 4 nitrogen and oxygen atoms in total. The summed E-state index contributed by atoms with van der Waals surface area (Å²) in [5.41, 5.74) is 1.07. The molecule has 0 rings (SSSR count). The number of hydrogen-bond acceptors (Lipinski definition) is 3. The minimum absolute atomic E-state index is 0.0970. The Morgan fingerprint density at radius 1 is 1.35 bits per heavy atom. The molecule has 0 aliphatic carbocycles. The standard InChI is InChI=1S/C9H22O2Si.C3H4O2/c1-7(2)12(8(3)4)9(5,11)6-10;1-2-3(4)5/h7-8,10-12H,6H2,1-5H3;2H,1H2,(H,4,5). The minimum atomic E-state index is -1.28. The summed E-state index contributed by atoms with van der Waals surface area (Å²) in [6.07, 6.45) is 0.833. The molecular weight excluding hydrogens is 236 g/mol. The van der Waals surface area contributed by atoms with Crippen LogP contribution in [-0.4, -0.2) is 41.9 Å². The Morgan fingerprint density at radius 3 is 1.71 bits per heavy atom. The second-order valence-corrected chi connectivity index (χ2v) is 10.0. The zero-order valence-corrected chi connectivity index (χ0v) is 12.6. The summed E-state index contributed by atoms with van der Waals surface area (Å²) in [7, 11) is -1.28. The average Bonchev–Trinajstić information content (AvgIpc) is 2.16. The van der Waals surface area contributed by atoms with E-state index in [2.05, 4.69) is 34.3 Å². The molecule has 0 aliphatic rings. The van der Waals surface area contributed by atoms with E-state index in [1.54, 1.807) is 6.92 Å². The summed E-state index contributed by atoms with van der Waals surface area (Å²) < 4.78 is 0. The van der Waals surface area contributed by atoms with E-state index < -0.39 is 20.0 Å². The fourth-order valence-corrected chi connectivity index (χ4v) is 6.93. The Labute approximate surface area is 106 Å². The number of aliphatic carboxylic acids is 1. The highest BCUT2D eigenvalue weighted by molar-refractivity contribution is 6.64. The molecule has 0 amide bonds. The van der Waals surface area contributed by atoms with Gasteiger partial charge in [-0.05, 0) is 6.92 Å². The number of rotatable bonds is 5. The Morgan fingerprint density at radius 2 is 1.65 bits per heavy atom. The van der Waals surface area contributed by atoms with Crippen LogP contribution >= 0.6 is 0 Å². The molecule has 0 aromatic rings.